The molecule has 0 radical (unpaired) electrons. The molecule has 0 saturated carbocycles. The standard InChI is InChI=1S/C4H4ClNS/c5-3-1-7-2-4(3)6/h1-2H,6H2. The molecule has 0 fully saturated rings. The lowest BCUT2D eigenvalue weighted by molar-refractivity contribution is 1.88. The fourth-order valence-electron chi connectivity index (χ4n) is 0.291. The molecule has 0 aromatic carbocycles. The molecule has 1 nitrogen and oxygen atoms in total. The highest BCUT2D eigenvalue weighted by molar-refractivity contribution is 7.09. The molecule has 3 heteroatoms. The van der Waals surface area contributed by atoms with E-state index in [1.54, 1.807) is 5.38 Å². The maximum atomic E-state index is 5.51. The number of anilines is 1. The summed E-state index contributed by atoms with van der Waals surface area (Å²) >= 11 is 7.02. The highest BCUT2D eigenvalue weighted by Crippen LogP contribution is 2.21. The molecule has 1 rings (SSSR count). The third kappa shape index (κ3) is 0.868. The van der Waals surface area contributed by atoms with E-state index in [9.17, 15) is 0 Å². The Labute approximate surface area is 50.7 Å². The number of rotatable bonds is 0. The van der Waals surface area contributed by atoms with Gasteiger partial charge in [0.25, 0.3) is 0 Å². The molecule has 1 aromatic heterocycles. The van der Waals surface area contributed by atoms with Crippen molar-refractivity contribution in [2.24, 2.45) is 0 Å². The summed E-state index contributed by atoms with van der Waals surface area (Å²) in [7, 11) is 0. The zero-order valence-corrected chi connectivity index (χ0v) is 5.09. The van der Waals surface area contributed by atoms with Crippen LogP contribution in [0.2, 0.25) is 5.02 Å². The van der Waals surface area contributed by atoms with E-state index < -0.39 is 0 Å². The van der Waals surface area contributed by atoms with Crippen LogP contribution >= 0.6 is 22.9 Å². The smallest absolute Gasteiger partial charge is 0.0742 e. The van der Waals surface area contributed by atoms with Crippen LogP contribution in [0, 0.1) is 0 Å². The Bertz CT molecular complexity index is 144. The van der Waals surface area contributed by atoms with Gasteiger partial charge in [0.2, 0.25) is 0 Å². The van der Waals surface area contributed by atoms with Gasteiger partial charge in [0.05, 0.1) is 10.7 Å². The minimum Gasteiger partial charge on any atom is -0.397 e. The van der Waals surface area contributed by atoms with Gasteiger partial charge in [0, 0.05) is 10.8 Å². The van der Waals surface area contributed by atoms with Crippen molar-refractivity contribution in [1.29, 1.82) is 0 Å². The van der Waals surface area contributed by atoms with Gasteiger partial charge in [-0.3, -0.25) is 0 Å². The van der Waals surface area contributed by atoms with E-state index in [1.165, 1.54) is 11.3 Å². The van der Waals surface area contributed by atoms with Crippen molar-refractivity contribution < 1.29 is 0 Å². The van der Waals surface area contributed by atoms with Gasteiger partial charge in [-0.05, 0) is 0 Å². The molecular formula is C4H4ClNS. The maximum Gasteiger partial charge on any atom is 0.0742 e. The largest absolute Gasteiger partial charge is 0.397 e. The molecule has 0 spiro atoms. The SMILES string of the molecule is Nc1cscc1Cl. The maximum absolute atomic E-state index is 5.51. The second-order valence-electron chi connectivity index (χ2n) is 1.18. The van der Waals surface area contributed by atoms with Crippen LogP contribution in [0.4, 0.5) is 5.69 Å². The molecule has 2 N–H and O–H groups in total. The van der Waals surface area contributed by atoms with Crippen molar-refractivity contribution >= 4 is 28.6 Å². The first-order valence-corrected chi connectivity index (χ1v) is 3.10. The van der Waals surface area contributed by atoms with Crippen LogP contribution in [0.3, 0.4) is 0 Å². The second kappa shape index (κ2) is 1.72. The molecule has 0 aliphatic heterocycles. The fraction of sp³-hybridized carbons (Fsp3) is 0. The lowest BCUT2D eigenvalue weighted by Crippen LogP contribution is -1.77. The van der Waals surface area contributed by atoms with Gasteiger partial charge in [0.15, 0.2) is 0 Å². The third-order valence-electron chi connectivity index (χ3n) is 0.642. The van der Waals surface area contributed by atoms with Crippen LogP contribution < -0.4 is 5.73 Å². The van der Waals surface area contributed by atoms with Gasteiger partial charge >= 0.3 is 0 Å². The molecular weight excluding hydrogens is 130 g/mol. The van der Waals surface area contributed by atoms with E-state index in [1.807, 2.05) is 5.38 Å². The monoisotopic (exact) mass is 133 g/mol. The molecule has 0 atom stereocenters. The lowest BCUT2D eigenvalue weighted by Gasteiger charge is -1.78. The first kappa shape index (κ1) is 4.94. The van der Waals surface area contributed by atoms with Gasteiger partial charge in [-0.25, -0.2) is 0 Å². The van der Waals surface area contributed by atoms with Gasteiger partial charge < -0.3 is 5.73 Å². The Balaban J connectivity index is 3.12. The Morgan fingerprint density at radius 2 is 2.29 bits per heavy atom. The summed E-state index contributed by atoms with van der Waals surface area (Å²) in [6, 6.07) is 0. The Kier molecular flexibility index (Phi) is 1.21. The zero-order chi connectivity index (χ0) is 5.28. The van der Waals surface area contributed by atoms with E-state index in [0.29, 0.717) is 10.7 Å². The third-order valence-corrected chi connectivity index (χ3v) is 1.86. The summed E-state index contributed by atoms with van der Waals surface area (Å²) in [5, 5.41) is 4.27. The van der Waals surface area contributed by atoms with Crippen LogP contribution in [0.15, 0.2) is 10.8 Å². The fourth-order valence-corrected chi connectivity index (χ4v) is 1.16. The van der Waals surface area contributed by atoms with Gasteiger partial charge in [-0.15, -0.1) is 11.3 Å². The number of hydrogen-bond donors (Lipinski definition) is 1. The first-order valence-electron chi connectivity index (χ1n) is 1.78. The average Bonchev–Trinajstić information content (AvgIpc) is 1.91. The quantitative estimate of drug-likeness (QED) is 0.576. The number of hydrogen-bond acceptors (Lipinski definition) is 2. The van der Waals surface area contributed by atoms with Crippen molar-refractivity contribution in [3.05, 3.63) is 15.8 Å². The molecule has 0 aliphatic rings. The molecule has 0 unspecified atom stereocenters. The molecule has 0 bridgehead atoms. The minimum absolute atomic E-state index is 0.657. The van der Waals surface area contributed by atoms with Crippen LogP contribution in [0.1, 0.15) is 0 Å². The second-order valence-corrected chi connectivity index (χ2v) is 2.33. The molecule has 0 saturated heterocycles. The van der Waals surface area contributed by atoms with E-state index in [-0.39, 0.29) is 0 Å². The summed E-state index contributed by atoms with van der Waals surface area (Å²) < 4.78 is 0. The van der Waals surface area contributed by atoms with Crippen LogP contribution in [0.25, 0.3) is 0 Å². The van der Waals surface area contributed by atoms with Gasteiger partial charge in [-0.1, -0.05) is 11.6 Å². The van der Waals surface area contributed by atoms with Crippen LogP contribution in [0.5, 0.6) is 0 Å². The Morgan fingerprint density at radius 1 is 1.57 bits per heavy atom. The van der Waals surface area contributed by atoms with Crippen molar-refractivity contribution in [2.45, 2.75) is 0 Å². The van der Waals surface area contributed by atoms with Crippen molar-refractivity contribution in [1.82, 2.24) is 0 Å². The van der Waals surface area contributed by atoms with Gasteiger partial charge in [0.1, 0.15) is 0 Å². The minimum atomic E-state index is 0.657. The normalized spacial score (nSPS) is 9.29. The van der Waals surface area contributed by atoms with Crippen LogP contribution in [-0.4, -0.2) is 0 Å². The van der Waals surface area contributed by atoms with Crippen molar-refractivity contribution in [3.8, 4) is 0 Å². The van der Waals surface area contributed by atoms with Crippen molar-refractivity contribution in [2.75, 3.05) is 5.73 Å². The molecule has 1 heterocycles. The molecule has 1 aromatic rings. The lowest BCUT2D eigenvalue weighted by atomic mass is 10.6. The predicted molar refractivity (Wildman–Crippen MR) is 33.7 cm³/mol. The Hall–Kier alpha value is -0.210. The van der Waals surface area contributed by atoms with E-state index >= 15 is 0 Å². The average molecular weight is 134 g/mol. The number of nitrogen functional groups attached to an aromatic ring is 1. The topological polar surface area (TPSA) is 26.0 Å². The summed E-state index contributed by atoms with van der Waals surface area (Å²) in [5.41, 5.74) is 5.99. The van der Waals surface area contributed by atoms with E-state index in [0.717, 1.165) is 0 Å². The summed E-state index contributed by atoms with van der Waals surface area (Å²) in [6.45, 7) is 0. The highest BCUT2D eigenvalue weighted by atomic mass is 35.5. The Morgan fingerprint density at radius 3 is 2.43 bits per heavy atom. The zero-order valence-electron chi connectivity index (χ0n) is 3.52. The van der Waals surface area contributed by atoms with Crippen LogP contribution in [-0.2, 0) is 0 Å². The molecule has 0 aliphatic carbocycles. The number of halogens is 1. The summed E-state index contributed by atoms with van der Waals surface area (Å²) in [5.74, 6) is 0. The van der Waals surface area contributed by atoms with E-state index in [4.69, 9.17) is 17.3 Å². The highest BCUT2D eigenvalue weighted by Gasteiger charge is 1.90. The van der Waals surface area contributed by atoms with Crippen molar-refractivity contribution in [3.63, 3.8) is 0 Å². The van der Waals surface area contributed by atoms with E-state index in [2.05, 4.69) is 0 Å². The number of nitrogens with two attached hydrogens (primary N) is 1. The first-order chi connectivity index (χ1) is 3.30. The van der Waals surface area contributed by atoms with Gasteiger partial charge in [-0.2, -0.15) is 0 Å². The number of thiophene rings is 1. The predicted octanol–water partition coefficient (Wildman–Crippen LogP) is 1.98. The summed E-state index contributed by atoms with van der Waals surface area (Å²) in [6.07, 6.45) is 0. The molecule has 0 amide bonds. The molecule has 38 valence electrons. The molecule has 7 heavy (non-hydrogen) atoms. The summed E-state index contributed by atoms with van der Waals surface area (Å²) in [4.78, 5) is 0.